The second-order valence-corrected chi connectivity index (χ2v) is 11.2. The van der Waals surface area contributed by atoms with Crippen LogP contribution >= 0.6 is 11.6 Å². The van der Waals surface area contributed by atoms with E-state index < -0.39 is 23.6 Å². The van der Waals surface area contributed by atoms with Crippen LogP contribution in [0.1, 0.15) is 49.8 Å². The molecule has 1 heterocycles. The molecule has 198 valence electrons. The van der Waals surface area contributed by atoms with E-state index in [1.54, 1.807) is 6.92 Å². The van der Waals surface area contributed by atoms with E-state index in [4.69, 9.17) is 20.8 Å². The Kier molecular flexibility index (Phi) is 6.23. The molecule has 1 atom stereocenters. The van der Waals surface area contributed by atoms with Crippen LogP contribution in [0.25, 0.3) is 22.5 Å². The summed E-state index contributed by atoms with van der Waals surface area (Å²) in [4.78, 5) is 24.7. The van der Waals surface area contributed by atoms with Gasteiger partial charge >= 0.3 is 12.1 Å². The van der Waals surface area contributed by atoms with Gasteiger partial charge < -0.3 is 14.3 Å². The van der Waals surface area contributed by atoms with Crippen LogP contribution in [0.3, 0.4) is 0 Å². The van der Waals surface area contributed by atoms with E-state index in [9.17, 15) is 14.7 Å². The third-order valence-corrected chi connectivity index (χ3v) is 8.44. The van der Waals surface area contributed by atoms with Gasteiger partial charge in [-0.3, -0.25) is 10.1 Å². The van der Waals surface area contributed by atoms with E-state index in [-0.39, 0.29) is 10.4 Å². The summed E-state index contributed by atoms with van der Waals surface area (Å²) in [5, 5.41) is 12.9. The highest BCUT2D eigenvalue weighted by atomic mass is 35.5. The van der Waals surface area contributed by atoms with Crippen molar-refractivity contribution in [1.82, 2.24) is 0 Å². The van der Waals surface area contributed by atoms with Crippen molar-refractivity contribution >= 4 is 29.4 Å². The van der Waals surface area contributed by atoms with Crippen LogP contribution in [0, 0.1) is 5.41 Å². The molecule has 0 unspecified atom stereocenters. The SMILES string of the molecule is C[C@@H](OC(=O)Nc1c(Cl)coc1-c1ccc(-c2ccc(C3(C(=O)O)CC4(CC4)C3)cc2)cc1)c1ccccc1. The molecule has 0 aliphatic heterocycles. The van der Waals surface area contributed by atoms with Gasteiger partial charge in [0.25, 0.3) is 0 Å². The smallest absolute Gasteiger partial charge is 0.412 e. The van der Waals surface area contributed by atoms with E-state index in [1.165, 1.54) is 6.26 Å². The zero-order chi connectivity index (χ0) is 27.2. The van der Waals surface area contributed by atoms with Gasteiger partial charge in [0, 0.05) is 5.56 Å². The number of hydrogen-bond acceptors (Lipinski definition) is 4. The molecule has 0 saturated heterocycles. The van der Waals surface area contributed by atoms with Gasteiger partial charge in [-0.25, -0.2) is 4.79 Å². The second-order valence-electron chi connectivity index (χ2n) is 10.8. The molecule has 0 bridgehead atoms. The Morgan fingerprint density at radius 2 is 1.51 bits per heavy atom. The highest BCUT2D eigenvalue weighted by molar-refractivity contribution is 6.34. The number of carboxylic acids is 1. The first-order chi connectivity index (χ1) is 18.8. The minimum atomic E-state index is -0.749. The second kappa shape index (κ2) is 9.62. The number of ether oxygens (including phenoxy) is 1. The van der Waals surface area contributed by atoms with Crippen molar-refractivity contribution in [3.63, 3.8) is 0 Å². The quantitative estimate of drug-likeness (QED) is 0.245. The number of hydrogen-bond donors (Lipinski definition) is 2. The van der Waals surface area contributed by atoms with E-state index in [0.29, 0.717) is 11.4 Å². The number of carbonyl (C=O) groups excluding carboxylic acids is 1. The molecule has 1 amide bonds. The Bertz CT molecular complexity index is 1510. The van der Waals surface area contributed by atoms with Crippen LogP contribution in [0.2, 0.25) is 5.02 Å². The molecule has 1 spiro atoms. The van der Waals surface area contributed by atoms with Crippen LogP contribution in [-0.4, -0.2) is 17.2 Å². The van der Waals surface area contributed by atoms with Crippen molar-refractivity contribution in [2.75, 3.05) is 5.32 Å². The Morgan fingerprint density at radius 1 is 0.923 bits per heavy atom. The standard InChI is InChI=1S/C32H28ClNO5/c1-20(21-5-3-2-4-6-21)39-30(37)34-27-26(33)17-38-28(27)24-9-7-22(8-10-24)23-11-13-25(14-12-23)32(29(35)36)18-31(19-32)15-16-31/h2-14,17,20H,15-16,18-19H2,1H3,(H,34,37)(H,35,36)/t20-/m1/s1. The molecule has 6 rings (SSSR count). The van der Waals surface area contributed by atoms with Crippen molar-refractivity contribution in [1.29, 1.82) is 0 Å². The van der Waals surface area contributed by atoms with Gasteiger partial charge in [0.05, 0.1) is 5.41 Å². The average Bonchev–Trinajstić information content (AvgIpc) is 3.65. The highest BCUT2D eigenvalue weighted by Crippen LogP contribution is 2.69. The molecule has 2 aliphatic carbocycles. The lowest BCUT2D eigenvalue weighted by Gasteiger charge is -2.45. The summed E-state index contributed by atoms with van der Waals surface area (Å²) in [5.74, 6) is -0.300. The molecule has 0 radical (unpaired) electrons. The molecule has 6 nitrogen and oxygen atoms in total. The number of carbonyl (C=O) groups is 2. The summed E-state index contributed by atoms with van der Waals surface area (Å²) in [6.07, 6.45) is 4.09. The molecule has 4 aromatic rings. The van der Waals surface area contributed by atoms with Gasteiger partial charge in [-0.1, -0.05) is 90.5 Å². The molecule has 1 aromatic heterocycles. The van der Waals surface area contributed by atoms with Crippen LogP contribution in [-0.2, 0) is 14.9 Å². The Labute approximate surface area is 231 Å². The highest BCUT2D eigenvalue weighted by Gasteiger charge is 2.64. The van der Waals surface area contributed by atoms with Crippen LogP contribution in [0.5, 0.6) is 0 Å². The molecule has 7 heteroatoms. The number of furan rings is 1. The molecule has 2 N–H and O–H groups in total. The van der Waals surface area contributed by atoms with Gasteiger partial charge in [0.15, 0.2) is 5.76 Å². The van der Waals surface area contributed by atoms with E-state index in [2.05, 4.69) is 5.32 Å². The fourth-order valence-corrected chi connectivity index (χ4v) is 5.96. The minimum Gasteiger partial charge on any atom is -0.481 e. The molecule has 2 fully saturated rings. The lowest BCUT2D eigenvalue weighted by molar-refractivity contribution is -0.150. The fourth-order valence-electron chi connectivity index (χ4n) is 5.78. The minimum absolute atomic E-state index is 0.269. The summed E-state index contributed by atoms with van der Waals surface area (Å²) in [5.41, 5.74) is 4.34. The number of benzene rings is 3. The van der Waals surface area contributed by atoms with Gasteiger partial charge in [-0.2, -0.15) is 0 Å². The topological polar surface area (TPSA) is 88.8 Å². The van der Waals surface area contributed by atoms with Gasteiger partial charge in [0.1, 0.15) is 23.1 Å². The maximum atomic E-state index is 12.6. The van der Waals surface area contributed by atoms with E-state index in [0.717, 1.165) is 53.5 Å². The zero-order valence-corrected chi connectivity index (χ0v) is 22.2. The van der Waals surface area contributed by atoms with Crippen molar-refractivity contribution in [3.05, 3.63) is 101 Å². The number of halogens is 1. The number of carboxylic acid groups (broad SMARTS) is 1. The number of rotatable bonds is 7. The first-order valence-electron chi connectivity index (χ1n) is 13.0. The number of nitrogens with one attached hydrogen (secondary N) is 1. The third kappa shape index (κ3) is 4.70. The maximum Gasteiger partial charge on any atom is 0.412 e. The monoisotopic (exact) mass is 541 g/mol. The van der Waals surface area contributed by atoms with Gasteiger partial charge in [-0.15, -0.1) is 0 Å². The Hall–Kier alpha value is -4.03. The number of anilines is 1. The normalized spacial score (nSPS) is 17.2. The number of aliphatic carboxylic acids is 1. The predicted molar refractivity (Wildman–Crippen MR) is 150 cm³/mol. The van der Waals surface area contributed by atoms with Crippen LogP contribution in [0.4, 0.5) is 10.5 Å². The largest absolute Gasteiger partial charge is 0.481 e. The van der Waals surface area contributed by atoms with Crippen molar-refractivity contribution in [2.45, 2.75) is 44.1 Å². The maximum absolute atomic E-state index is 12.6. The van der Waals surface area contributed by atoms with Crippen LogP contribution < -0.4 is 5.32 Å². The first kappa shape index (κ1) is 25.3. The van der Waals surface area contributed by atoms with Crippen molar-refractivity contribution in [3.8, 4) is 22.5 Å². The Morgan fingerprint density at radius 3 is 2.10 bits per heavy atom. The molecular weight excluding hydrogens is 514 g/mol. The summed E-state index contributed by atoms with van der Waals surface area (Å²) in [6.45, 7) is 1.80. The van der Waals surface area contributed by atoms with Crippen LogP contribution in [0.15, 0.2) is 89.5 Å². The van der Waals surface area contributed by atoms with Crippen molar-refractivity contribution < 1.29 is 23.8 Å². The zero-order valence-electron chi connectivity index (χ0n) is 21.4. The molecule has 3 aromatic carbocycles. The lowest BCUT2D eigenvalue weighted by atomic mass is 9.56. The average molecular weight is 542 g/mol. The van der Waals surface area contributed by atoms with E-state index in [1.807, 2.05) is 78.9 Å². The fraction of sp³-hybridized carbons (Fsp3) is 0.250. The predicted octanol–water partition coefficient (Wildman–Crippen LogP) is 8.47. The molecule has 2 aliphatic rings. The third-order valence-electron chi connectivity index (χ3n) is 8.16. The molecule has 2 saturated carbocycles. The Balaban J connectivity index is 1.16. The van der Waals surface area contributed by atoms with Gasteiger partial charge in [-0.05, 0) is 60.3 Å². The number of amides is 1. The summed E-state index contributed by atoms with van der Waals surface area (Å²) in [7, 11) is 0. The summed E-state index contributed by atoms with van der Waals surface area (Å²) in [6, 6.07) is 25.0. The first-order valence-corrected chi connectivity index (χ1v) is 13.4. The van der Waals surface area contributed by atoms with E-state index >= 15 is 0 Å². The summed E-state index contributed by atoms with van der Waals surface area (Å²) < 4.78 is 11.2. The lowest BCUT2D eigenvalue weighted by Crippen LogP contribution is -2.49. The van der Waals surface area contributed by atoms with Gasteiger partial charge in [0.2, 0.25) is 0 Å². The molecular formula is C32H28ClNO5. The van der Waals surface area contributed by atoms with Crippen molar-refractivity contribution in [2.24, 2.45) is 5.41 Å². The summed E-state index contributed by atoms with van der Waals surface area (Å²) >= 11 is 6.33. The molecule has 39 heavy (non-hydrogen) atoms.